The highest BCUT2D eigenvalue weighted by molar-refractivity contribution is 7.81. The monoisotopic (exact) mass is 275 g/mol. The van der Waals surface area contributed by atoms with Gasteiger partial charge in [0.25, 0.3) is 0 Å². The molecule has 0 aromatic heterocycles. The van der Waals surface area contributed by atoms with E-state index in [2.05, 4.69) is 24.9 Å². The molecule has 0 amide bonds. The first kappa shape index (κ1) is 17.0. The summed E-state index contributed by atoms with van der Waals surface area (Å²) in [7, 11) is 0. The van der Waals surface area contributed by atoms with Crippen LogP contribution in [0.15, 0.2) is 0 Å². The lowest BCUT2D eigenvalue weighted by Crippen LogP contribution is -2.39. The van der Waals surface area contributed by atoms with Crippen LogP contribution in [0.5, 0.6) is 0 Å². The van der Waals surface area contributed by atoms with Crippen LogP contribution in [-0.4, -0.2) is 44.5 Å². The maximum Gasteiger partial charge on any atom is 0.412 e. The Morgan fingerprint density at radius 3 is 2.24 bits per heavy atom. The van der Waals surface area contributed by atoms with Crippen LogP contribution in [0.4, 0.5) is 13.2 Å². The highest BCUT2D eigenvalue weighted by Gasteiger charge is 2.36. The summed E-state index contributed by atoms with van der Waals surface area (Å²) in [6.07, 6.45) is -2.24. The Kier molecular flexibility index (Phi) is 10.0. The van der Waals surface area contributed by atoms with Gasteiger partial charge in [-0.2, -0.15) is 25.8 Å². The minimum atomic E-state index is -4.33. The molecule has 0 aliphatic rings. The minimum Gasteiger partial charge on any atom is -0.379 e. The number of ether oxygens (including phenoxy) is 2. The second kappa shape index (κ2) is 9.99. The zero-order valence-corrected chi connectivity index (χ0v) is 10.8. The molecule has 0 aliphatic heterocycles. The summed E-state index contributed by atoms with van der Waals surface area (Å²) >= 11 is 3.38. The zero-order chi connectivity index (χ0) is 13.1. The number of thiol groups is 1. The molecule has 3 nitrogen and oxygen atoms in total. The molecule has 0 aromatic rings. The van der Waals surface area contributed by atoms with Gasteiger partial charge in [0, 0.05) is 13.2 Å². The smallest absolute Gasteiger partial charge is 0.379 e. The summed E-state index contributed by atoms with van der Waals surface area (Å²) in [4.78, 5) is 0. The van der Waals surface area contributed by atoms with Crippen LogP contribution in [-0.2, 0) is 9.47 Å². The Labute approximate surface area is 105 Å². The molecular weight excluding hydrogens is 255 g/mol. The van der Waals surface area contributed by atoms with E-state index in [1.165, 1.54) is 0 Å². The van der Waals surface area contributed by atoms with Gasteiger partial charge in [-0.1, -0.05) is 13.3 Å². The predicted octanol–water partition coefficient (Wildman–Crippen LogP) is 2.23. The highest BCUT2D eigenvalue weighted by atomic mass is 32.1. The normalized spacial score (nSPS) is 13.9. The molecule has 1 atom stereocenters. The Hall–Kier alpha value is 0.0200. The molecule has 0 saturated heterocycles. The van der Waals surface area contributed by atoms with Crippen LogP contribution < -0.4 is 5.32 Å². The van der Waals surface area contributed by atoms with E-state index < -0.39 is 11.6 Å². The average molecular weight is 275 g/mol. The van der Waals surface area contributed by atoms with Crippen molar-refractivity contribution in [2.24, 2.45) is 0 Å². The first-order chi connectivity index (χ1) is 7.98. The maximum absolute atomic E-state index is 12.0. The van der Waals surface area contributed by atoms with Crippen molar-refractivity contribution in [3.8, 4) is 0 Å². The number of halogens is 3. The van der Waals surface area contributed by atoms with E-state index in [0.717, 1.165) is 12.8 Å². The second-order valence-electron chi connectivity index (χ2n) is 3.48. The van der Waals surface area contributed by atoms with E-state index in [1.54, 1.807) is 0 Å². The summed E-state index contributed by atoms with van der Waals surface area (Å²) in [6, 6.07) is 0. The van der Waals surface area contributed by atoms with E-state index in [0.29, 0.717) is 19.8 Å². The maximum atomic E-state index is 12.0. The molecule has 7 heteroatoms. The van der Waals surface area contributed by atoms with Crippen molar-refractivity contribution < 1.29 is 22.6 Å². The minimum absolute atomic E-state index is 0.114. The Morgan fingerprint density at radius 2 is 1.71 bits per heavy atom. The molecule has 0 aliphatic carbocycles. The summed E-state index contributed by atoms with van der Waals surface area (Å²) in [5.74, 6) is 0. The van der Waals surface area contributed by atoms with Crippen molar-refractivity contribution in [3.05, 3.63) is 0 Å². The Balaban J connectivity index is 3.19. The van der Waals surface area contributed by atoms with Crippen molar-refractivity contribution in [2.45, 2.75) is 31.3 Å². The molecule has 1 unspecified atom stereocenters. The van der Waals surface area contributed by atoms with Gasteiger partial charge in [-0.05, 0) is 6.42 Å². The molecule has 1 N–H and O–H groups in total. The summed E-state index contributed by atoms with van der Waals surface area (Å²) in [6.45, 7) is 3.97. The largest absolute Gasteiger partial charge is 0.412 e. The molecule has 17 heavy (non-hydrogen) atoms. The number of rotatable bonds is 10. The molecule has 0 radical (unpaired) electrons. The average Bonchev–Trinajstić information content (AvgIpc) is 2.25. The first-order valence-electron chi connectivity index (χ1n) is 5.62. The van der Waals surface area contributed by atoms with Crippen LogP contribution in [0.3, 0.4) is 0 Å². The Morgan fingerprint density at radius 1 is 1.12 bits per heavy atom. The number of alkyl halides is 3. The van der Waals surface area contributed by atoms with Gasteiger partial charge in [-0.15, -0.1) is 0 Å². The third-order valence-corrected chi connectivity index (χ3v) is 2.38. The molecule has 0 spiro atoms. The highest BCUT2D eigenvalue weighted by Crippen LogP contribution is 2.21. The van der Waals surface area contributed by atoms with Crippen LogP contribution in [0.1, 0.15) is 19.8 Å². The summed E-state index contributed by atoms with van der Waals surface area (Å²) < 4.78 is 46.3. The molecule has 104 valence electrons. The van der Waals surface area contributed by atoms with Crippen molar-refractivity contribution in [3.63, 3.8) is 0 Å². The van der Waals surface area contributed by atoms with Crippen LogP contribution in [0, 0.1) is 0 Å². The van der Waals surface area contributed by atoms with E-state index in [1.807, 2.05) is 0 Å². The zero-order valence-electron chi connectivity index (χ0n) is 9.92. The molecular formula is C10H20F3NO2S. The van der Waals surface area contributed by atoms with Gasteiger partial charge in [0.05, 0.1) is 19.8 Å². The van der Waals surface area contributed by atoms with Gasteiger partial charge in [0.15, 0.2) is 0 Å². The lowest BCUT2D eigenvalue weighted by atomic mass is 10.4. The van der Waals surface area contributed by atoms with Crippen molar-refractivity contribution >= 4 is 12.6 Å². The third kappa shape index (κ3) is 10.9. The number of hydrogen-bond acceptors (Lipinski definition) is 4. The summed E-state index contributed by atoms with van der Waals surface area (Å²) in [5.41, 5.74) is 0. The SMILES string of the molecule is CCCCOCCOCCNC(S)C(F)(F)F. The van der Waals surface area contributed by atoms with E-state index in [-0.39, 0.29) is 13.2 Å². The number of hydrogen-bond donors (Lipinski definition) is 2. The molecule has 0 heterocycles. The second-order valence-corrected chi connectivity index (χ2v) is 3.99. The quantitative estimate of drug-likeness (QED) is 0.364. The molecule has 0 saturated carbocycles. The van der Waals surface area contributed by atoms with E-state index >= 15 is 0 Å². The summed E-state index contributed by atoms with van der Waals surface area (Å²) in [5, 5.41) is 0.408. The lowest BCUT2D eigenvalue weighted by Gasteiger charge is -2.16. The topological polar surface area (TPSA) is 30.5 Å². The van der Waals surface area contributed by atoms with Crippen molar-refractivity contribution in [1.29, 1.82) is 0 Å². The van der Waals surface area contributed by atoms with Gasteiger partial charge < -0.3 is 9.47 Å². The van der Waals surface area contributed by atoms with Crippen LogP contribution >= 0.6 is 12.6 Å². The van der Waals surface area contributed by atoms with Crippen LogP contribution in [0.25, 0.3) is 0 Å². The molecule has 0 bridgehead atoms. The fourth-order valence-electron chi connectivity index (χ4n) is 0.952. The van der Waals surface area contributed by atoms with Gasteiger partial charge in [-0.3, -0.25) is 5.32 Å². The predicted molar refractivity (Wildman–Crippen MR) is 63.4 cm³/mol. The van der Waals surface area contributed by atoms with Gasteiger partial charge in [0.2, 0.25) is 0 Å². The molecule has 0 rings (SSSR count). The van der Waals surface area contributed by atoms with Crippen LogP contribution in [0.2, 0.25) is 0 Å². The van der Waals surface area contributed by atoms with Gasteiger partial charge in [-0.25, -0.2) is 0 Å². The molecule has 0 aromatic carbocycles. The standard InChI is InChI=1S/C10H20F3NO2S/c1-2-3-5-15-7-8-16-6-4-14-9(17)10(11,12)13/h9,14,17H,2-8H2,1H3. The number of unbranched alkanes of at least 4 members (excludes halogenated alkanes) is 1. The van der Waals surface area contributed by atoms with E-state index in [4.69, 9.17) is 9.47 Å². The molecule has 0 fully saturated rings. The number of nitrogens with one attached hydrogen (secondary N) is 1. The first-order valence-corrected chi connectivity index (χ1v) is 6.13. The third-order valence-electron chi connectivity index (χ3n) is 1.91. The van der Waals surface area contributed by atoms with E-state index in [9.17, 15) is 13.2 Å². The van der Waals surface area contributed by atoms with Crippen molar-refractivity contribution in [1.82, 2.24) is 5.32 Å². The van der Waals surface area contributed by atoms with Crippen molar-refractivity contribution in [2.75, 3.05) is 33.0 Å². The van der Waals surface area contributed by atoms with Gasteiger partial charge >= 0.3 is 6.18 Å². The lowest BCUT2D eigenvalue weighted by molar-refractivity contribution is -0.134. The fraction of sp³-hybridized carbons (Fsp3) is 1.00. The fourth-order valence-corrected chi connectivity index (χ4v) is 1.08. The Bertz CT molecular complexity index is 181. The van der Waals surface area contributed by atoms with Gasteiger partial charge in [0.1, 0.15) is 5.37 Å².